The lowest BCUT2D eigenvalue weighted by molar-refractivity contribution is -0.127. The van der Waals surface area contributed by atoms with Crippen LogP contribution in [0.1, 0.15) is 15.9 Å². The number of benzene rings is 2. The third-order valence-electron chi connectivity index (χ3n) is 5.63. The van der Waals surface area contributed by atoms with Crippen molar-refractivity contribution in [2.24, 2.45) is 0 Å². The zero-order valence-corrected chi connectivity index (χ0v) is 17.6. The monoisotopic (exact) mass is 427 g/mol. The van der Waals surface area contributed by atoms with E-state index in [1.54, 1.807) is 28.5 Å². The molecule has 1 saturated heterocycles. The Morgan fingerprint density at radius 3 is 2.77 bits per heavy atom. The van der Waals surface area contributed by atoms with Gasteiger partial charge in [-0.05, 0) is 46.8 Å². The first-order chi connectivity index (χ1) is 15.2. The van der Waals surface area contributed by atoms with Crippen LogP contribution in [0.5, 0.6) is 0 Å². The van der Waals surface area contributed by atoms with Crippen molar-refractivity contribution in [2.45, 2.75) is 12.5 Å². The Bertz CT molecular complexity index is 1240. The molecule has 2 aromatic heterocycles. The van der Waals surface area contributed by atoms with Crippen LogP contribution in [0.4, 0.5) is 0 Å². The maximum Gasteiger partial charge on any atom is 0.254 e. The number of carbonyl (C=O) groups is 2. The molecule has 6 heteroatoms. The highest BCUT2D eigenvalue weighted by atomic mass is 32.1. The van der Waals surface area contributed by atoms with E-state index in [2.05, 4.69) is 33.9 Å². The van der Waals surface area contributed by atoms with Crippen molar-refractivity contribution in [2.75, 3.05) is 13.1 Å². The van der Waals surface area contributed by atoms with Gasteiger partial charge in [-0.15, -0.1) is 11.3 Å². The lowest BCUT2D eigenvalue weighted by Crippen LogP contribution is -2.58. The Balaban J connectivity index is 1.39. The normalized spacial score (nSPS) is 16.3. The Hall–Kier alpha value is -3.51. The van der Waals surface area contributed by atoms with Crippen molar-refractivity contribution in [1.29, 1.82) is 0 Å². The Morgan fingerprint density at radius 2 is 1.97 bits per heavy atom. The van der Waals surface area contributed by atoms with Gasteiger partial charge in [0, 0.05) is 41.5 Å². The number of piperazine rings is 1. The predicted octanol–water partition coefficient (Wildman–Crippen LogP) is 4.15. The second-order valence-corrected chi connectivity index (χ2v) is 8.54. The molecule has 31 heavy (non-hydrogen) atoms. The van der Waals surface area contributed by atoms with E-state index in [1.165, 1.54) is 4.88 Å². The van der Waals surface area contributed by atoms with Gasteiger partial charge in [0.05, 0.1) is 5.52 Å². The summed E-state index contributed by atoms with van der Waals surface area (Å²) >= 11 is 1.70. The third-order valence-corrected chi connectivity index (χ3v) is 6.55. The van der Waals surface area contributed by atoms with Gasteiger partial charge in [0.25, 0.3) is 5.91 Å². The molecule has 1 atom stereocenters. The predicted molar refractivity (Wildman–Crippen MR) is 123 cm³/mol. The summed E-state index contributed by atoms with van der Waals surface area (Å²) in [6.45, 7) is 0.959. The van der Waals surface area contributed by atoms with E-state index in [0.29, 0.717) is 25.1 Å². The van der Waals surface area contributed by atoms with Gasteiger partial charge in [0.15, 0.2) is 0 Å². The largest absolute Gasteiger partial charge is 0.353 e. The summed E-state index contributed by atoms with van der Waals surface area (Å²) in [6.07, 6.45) is 2.22. The van der Waals surface area contributed by atoms with Crippen molar-refractivity contribution >= 4 is 34.1 Å². The number of thiophene rings is 1. The maximum absolute atomic E-state index is 13.3. The van der Waals surface area contributed by atoms with E-state index in [9.17, 15) is 9.59 Å². The highest BCUT2D eigenvalue weighted by Crippen LogP contribution is 2.25. The van der Waals surface area contributed by atoms with Crippen molar-refractivity contribution in [3.05, 3.63) is 89.4 Å². The van der Waals surface area contributed by atoms with Gasteiger partial charge in [-0.1, -0.05) is 36.4 Å². The van der Waals surface area contributed by atoms with Gasteiger partial charge in [-0.25, -0.2) is 0 Å². The van der Waals surface area contributed by atoms with Crippen LogP contribution in [-0.4, -0.2) is 40.8 Å². The average Bonchev–Trinajstić information content (AvgIpc) is 3.35. The number of rotatable bonds is 4. The van der Waals surface area contributed by atoms with Crippen LogP contribution in [0, 0.1) is 0 Å². The van der Waals surface area contributed by atoms with Crippen LogP contribution >= 0.6 is 11.3 Å². The maximum atomic E-state index is 13.3. The van der Waals surface area contributed by atoms with E-state index < -0.39 is 6.04 Å². The Morgan fingerprint density at radius 1 is 1.10 bits per heavy atom. The molecule has 0 bridgehead atoms. The van der Waals surface area contributed by atoms with Gasteiger partial charge in [-0.3, -0.25) is 14.6 Å². The molecule has 2 amide bonds. The molecule has 154 valence electrons. The first-order valence-corrected chi connectivity index (χ1v) is 11.1. The summed E-state index contributed by atoms with van der Waals surface area (Å²) in [5, 5.41) is 5.88. The minimum absolute atomic E-state index is 0.107. The van der Waals surface area contributed by atoms with Crippen molar-refractivity contribution in [1.82, 2.24) is 15.2 Å². The summed E-state index contributed by atoms with van der Waals surface area (Å²) in [7, 11) is 0. The zero-order chi connectivity index (χ0) is 21.2. The summed E-state index contributed by atoms with van der Waals surface area (Å²) in [5.74, 6) is -0.231. The molecule has 5 rings (SSSR count). The van der Waals surface area contributed by atoms with Crippen LogP contribution in [-0.2, 0) is 11.2 Å². The fourth-order valence-corrected chi connectivity index (χ4v) is 4.74. The van der Waals surface area contributed by atoms with Crippen LogP contribution in [0.3, 0.4) is 0 Å². The topological polar surface area (TPSA) is 62.3 Å². The number of pyridine rings is 1. The molecular formula is C25H21N3O2S. The molecule has 2 aromatic carbocycles. The smallest absolute Gasteiger partial charge is 0.254 e. The SMILES string of the molecule is O=C1NCCN(C(=O)c2ccc3ncccc3c2)[C@@H]1Cc1ccc(-c2cccs2)cc1. The van der Waals surface area contributed by atoms with Crippen molar-refractivity contribution < 1.29 is 9.59 Å². The minimum Gasteiger partial charge on any atom is -0.353 e. The number of hydrogen-bond donors (Lipinski definition) is 1. The van der Waals surface area contributed by atoms with Gasteiger partial charge in [-0.2, -0.15) is 0 Å². The van der Waals surface area contributed by atoms with Gasteiger partial charge in [0.2, 0.25) is 5.91 Å². The number of carbonyl (C=O) groups excluding carboxylic acids is 2. The minimum atomic E-state index is -0.529. The fraction of sp³-hybridized carbons (Fsp3) is 0.160. The fourth-order valence-electron chi connectivity index (χ4n) is 4.01. The molecular weight excluding hydrogens is 406 g/mol. The highest BCUT2D eigenvalue weighted by Gasteiger charge is 2.33. The molecule has 1 aliphatic heterocycles. The molecule has 4 aromatic rings. The summed E-state index contributed by atoms with van der Waals surface area (Å²) in [5.41, 5.74) is 3.61. The summed E-state index contributed by atoms with van der Waals surface area (Å²) < 4.78 is 0. The molecule has 1 aliphatic rings. The standard InChI is InChI=1S/C25H21N3O2S/c29-24-22(15-17-5-7-18(8-6-17)23-4-2-14-31-23)28(13-12-27-24)25(30)20-9-10-21-19(16-20)3-1-11-26-21/h1-11,14,16,22H,12-13,15H2,(H,27,29)/t22-/m1/s1. The average molecular weight is 428 g/mol. The lowest BCUT2D eigenvalue weighted by atomic mass is 9.99. The molecule has 0 unspecified atom stereocenters. The summed E-state index contributed by atoms with van der Waals surface area (Å²) in [6, 6.07) is 21.1. The quantitative estimate of drug-likeness (QED) is 0.532. The Labute approximate surface area is 184 Å². The van der Waals surface area contributed by atoms with Gasteiger partial charge >= 0.3 is 0 Å². The van der Waals surface area contributed by atoms with Crippen molar-refractivity contribution in [3.8, 4) is 10.4 Å². The molecule has 5 nitrogen and oxygen atoms in total. The van der Waals surface area contributed by atoms with Gasteiger partial charge < -0.3 is 10.2 Å². The van der Waals surface area contributed by atoms with E-state index >= 15 is 0 Å². The van der Waals surface area contributed by atoms with E-state index in [1.807, 2.05) is 42.5 Å². The Kier molecular flexibility index (Phi) is 5.22. The first-order valence-electron chi connectivity index (χ1n) is 10.3. The molecule has 0 aliphatic carbocycles. The number of nitrogens with one attached hydrogen (secondary N) is 1. The molecule has 0 spiro atoms. The summed E-state index contributed by atoms with van der Waals surface area (Å²) in [4.78, 5) is 33.2. The second kappa shape index (κ2) is 8.32. The number of fused-ring (bicyclic) bond motifs is 1. The van der Waals surface area contributed by atoms with Gasteiger partial charge in [0.1, 0.15) is 6.04 Å². The molecule has 0 radical (unpaired) electrons. The van der Waals surface area contributed by atoms with E-state index in [0.717, 1.165) is 22.0 Å². The lowest BCUT2D eigenvalue weighted by Gasteiger charge is -2.35. The molecule has 1 fully saturated rings. The van der Waals surface area contributed by atoms with Crippen LogP contribution < -0.4 is 5.32 Å². The van der Waals surface area contributed by atoms with E-state index in [-0.39, 0.29) is 11.8 Å². The van der Waals surface area contributed by atoms with E-state index in [4.69, 9.17) is 0 Å². The van der Waals surface area contributed by atoms with Crippen LogP contribution in [0.15, 0.2) is 78.3 Å². The van der Waals surface area contributed by atoms with Crippen LogP contribution in [0.2, 0.25) is 0 Å². The first kappa shape index (κ1) is 19.5. The molecule has 1 N–H and O–H groups in total. The number of nitrogens with zero attached hydrogens (tertiary/aromatic N) is 2. The third kappa shape index (κ3) is 3.94. The molecule has 0 saturated carbocycles. The second-order valence-electron chi connectivity index (χ2n) is 7.59. The van der Waals surface area contributed by atoms with Crippen LogP contribution in [0.25, 0.3) is 21.3 Å². The zero-order valence-electron chi connectivity index (χ0n) is 16.8. The molecule has 3 heterocycles. The number of hydrogen-bond acceptors (Lipinski definition) is 4. The highest BCUT2D eigenvalue weighted by molar-refractivity contribution is 7.13. The van der Waals surface area contributed by atoms with Crippen molar-refractivity contribution in [3.63, 3.8) is 0 Å². The number of aromatic nitrogens is 1. The number of amides is 2.